The quantitative estimate of drug-likeness (QED) is 0.663. The number of nitrogens with zero attached hydrogens (tertiary/aromatic N) is 4. The van der Waals surface area contributed by atoms with Crippen molar-refractivity contribution in [3.8, 4) is 17.5 Å². The van der Waals surface area contributed by atoms with E-state index in [1.54, 1.807) is 29.8 Å². The lowest BCUT2D eigenvalue weighted by atomic mass is 10.0. The standard InChI is InChI=1S/C20H15FN4O/c1-25-19(15-5-3-2-4-6-15)23-24-20(25)17(13-22)18(26)12-9-14-7-10-16(21)11-8-14/h2-12,17H,1H3/b12-9+. The zero-order chi connectivity index (χ0) is 18.5. The van der Waals surface area contributed by atoms with Gasteiger partial charge in [0.1, 0.15) is 5.82 Å². The Kier molecular flexibility index (Phi) is 4.99. The molecule has 0 saturated carbocycles. The van der Waals surface area contributed by atoms with E-state index in [9.17, 15) is 14.4 Å². The van der Waals surface area contributed by atoms with Crippen LogP contribution in [-0.4, -0.2) is 20.5 Å². The van der Waals surface area contributed by atoms with Crippen molar-refractivity contribution in [1.29, 1.82) is 5.26 Å². The van der Waals surface area contributed by atoms with Crippen LogP contribution in [-0.2, 0) is 11.8 Å². The Hall–Kier alpha value is -3.59. The molecule has 6 heteroatoms. The number of nitriles is 1. The summed E-state index contributed by atoms with van der Waals surface area (Å²) >= 11 is 0. The number of benzene rings is 2. The third-order valence-electron chi connectivity index (χ3n) is 3.92. The highest BCUT2D eigenvalue weighted by Crippen LogP contribution is 2.22. The van der Waals surface area contributed by atoms with Crippen molar-refractivity contribution in [2.45, 2.75) is 5.92 Å². The fraction of sp³-hybridized carbons (Fsp3) is 0.100. The predicted octanol–water partition coefficient (Wildman–Crippen LogP) is 3.51. The summed E-state index contributed by atoms with van der Waals surface area (Å²) < 4.78 is 14.6. The van der Waals surface area contributed by atoms with E-state index in [1.807, 2.05) is 36.4 Å². The Bertz CT molecular complexity index is 985. The number of halogens is 1. The molecule has 0 bridgehead atoms. The van der Waals surface area contributed by atoms with Gasteiger partial charge in [-0.2, -0.15) is 5.26 Å². The van der Waals surface area contributed by atoms with E-state index in [0.29, 0.717) is 11.4 Å². The maximum atomic E-state index is 12.9. The summed E-state index contributed by atoms with van der Waals surface area (Å²) in [6.07, 6.45) is 2.85. The SMILES string of the molecule is Cn1c(-c2ccccc2)nnc1C(C#N)C(=O)/C=C/c1ccc(F)cc1. The van der Waals surface area contributed by atoms with Gasteiger partial charge in [-0.25, -0.2) is 4.39 Å². The minimum absolute atomic E-state index is 0.278. The molecule has 3 aromatic rings. The van der Waals surface area contributed by atoms with Gasteiger partial charge in [0.2, 0.25) is 0 Å². The van der Waals surface area contributed by atoms with E-state index < -0.39 is 11.7 Å². The monoisotopic (exact) mass is 346 g/mol. The van der Waals surface area contributed by atoms with Crippen LogP contribution in [0.4, 0.5) is 4.39 Å². The summed E-state index contributed by atoms with van der Waals surface area (Å²) in [6.45, 7) is 0. The van der Waals surface area contributed by atoms with E-state index in [-0.39, 0.29) is 11.6 Å². The lowest BCUT2D eigenvalue weighted by molar-refractivity contribution is -0.115. The highest BCUT2D eigenvalue weighted by molar-refractivity contribution is 5.99. The van der Waals surface area contributed by atoms with Crippen molar-refractivity contribution < 1.29 is 9.18 Å². The Morgan fingerprint density at radius 2 is 1.85 bits per heavy atom. The average molecular weight is 346 g/mol. The molecule has 0 spiro atoms. The molecular formula is C20H15FN4O. The molecule has 0 amide bonds. The molecule has 1 unspecified atom stereocenters. The summed E-state index contributed by atoms with van der Waals surface area (Å²) in [5.74, 6) is -0.972. The predicted molar refractivity (Wildman–Crippen MR) is 95.2 cm³/mol. The summed E-state index contributed by atoms with van der Waals surface area (Å²) in [4.78, 5) is 12.4. The lowest BCUT2D eigenvalue weighted by Gasteiger charge is -2.06. The second-order valence-corrected chi connectivity index (χ2v) is 5.66. The summed E-state index contributed by atoms with van der Waals surface area (Å²) in [5.41, 5.74) is 1.51. The first-order valence-electron chi connectivity index (χ1n) is 7.92. The Morgan fingerprint density at radius 1 is 1.15 bits per heavy atom. The Labute approximate surface area is 150 Å². The zero-order valence-corrected chi connectivity index (χ0v) is 14.0. The summed E-state index contributed by atoms with van der Waals surface area (Å²) in [7, 11) is 1.72. The van der Waals surface area contributed by atoms with Crippen LogP contribution >= 0.6 is 0 Å². The smallest absolute Gasteiger partial charge is 0.180 e. The molecule has 128 valence electrons. The van der Waals surface area contributed by atoms with Crippen LogP contribution in [0.25, 0.3) is 17.5 Å². The number of aromatic nitrogens is 3. The number of allylic oxidation sites excluding steroid dienone is 1. The van der Waals surface area contributed by atoms with Crippen molar-refractivity contribution in [3.05, 3.63) is 77.9 Å². The first-order valence-corrected chi connectivity index (χ1v) is 7.92. The van der Waals surface area contributed by atoms with Crippen LogP contribution in [0.1, 0.15) is 17.3 Å². The van der Waals surface area contributed by atoms with Gasteiger partial charge in [0.25, 0.3) is 0 Å². The molecule has 0 aliphatic heterocycles. The molecule has 2 aromatic carbocycles. The average Bonchev–Trinajstić information content (AvgIpc) is 3.04. The van der Waals surface area contributed by atoms with Crippen LogP contribution in [0.3, 0.4) is 0 Å². The van der Waals surface area contributed by atoms with Crippen molar-refractivity contribution in [2.75, 3.05) is 0 Å². The normalized spacial score (nSPS) is 12.0. The number of carbonyl (C=O) groups excluding carboxylic acids is 1. The maximum absolute atomic E-state index is 12.9. The van der Waals surface area contributed by atoms with E-state index in [1.165, 1.54) is 18.2 Å². The number of carbonyl (C=O) groups is 1. The molecule has 0 radical (unpaired) electrons. The van der Waals surface area contributed by atoms with Gasteiger partial charge in [0, 0.05) is 12.6 Å². The van der Waals surface area contributed by atoms with E-state index >= 15 is 0 Å². The molecule has 26 heavy (non-hydrogen) atoms. The highest BCUT2D eigenvalue weighted by Gasteiger charge is 2.25. The summed E-state index contributed by atoms with van der Waals surface area (Å²) in [5, 5.41) is 17.6. The van der Waals surface area contributed by atoms with Crippen molar-refractivity contribution in [3.63, 3.8) is 0 Å². The molecular weight excluding hydrogens is 331 g/mol. The number of rotatable bonds is 5. The molecule has 1 aromatic heterocycles. The minimum atomic E-state index is -1.07. The fourth-order valence-electron chi connectivity index (χ4n) is 2.53. The van der Waals surface area contributed by atoms with Crippen molar-refractivity contribution in [2.24, 2.45) is 7.05 Å². The third-order valence-corrected chi connectivity index (χ3v) is 3.92. The fourth-order valence-corrected chi connectivity index (χ4v) is 2.53. The van der Waals surface area contributed by atoms with Crippen LogP contribution in [0.5, 0.6) is 0 Å². The molecule has 0 aliphatic carbocycles. The topological polar surface area (TPSA) is 71.6 Å². The minimum Gasteiger partial charge on any atom is -0.313 e. The first-order chi connectivity index (χ1) is 12.6. The largest absolute Gasteiger partial charge is 0.313 e. The second kappa shape index (κ2) is 7.53. The van der Waals surface area contributed by atoms with Gasteiger partial charge in [-0.05, 0) is 23.8 Å². The Morgan fingerprint density at radius 3 is 2.50 bits per heavy atom. The van der Waals surface area contributed by atoms with Gasteiger partial charge in [-0.1, -0.05) is 48.5 Å². The zero-order valence-electron chi connectivity index (χ0n) is 14.0. The molecule has 0 aliphatic rings. The van der Waals surface area contributed by atoms with Crippen LogP contribution in [0.15, 0.2) is 60.7 Å². The number of hydrogen-bond donors (Lipinski definition) is 0. The highest BCUT2D eigenvalue weighted by atomic mass is 19.1. The number of ketones is 1. The molecule has 1 atom stereocenters. The van der Waals surface area contributed by atoms with Crippen LogP contribution in [0.2, 0.25) is 0 Å². The molecule has 0 N–H and O–H groups in total. The van der Waals surface area contributed by atoms with E-state index in [0.717, 1.165) is 5.56 Å². The molecule has 5 nitrogen and oxygen atoms in total. The summed E-state index contributed by atoms with van der Waals surface area (Å²) in [6, 6.07) is 17.1. The van der Waals surface area contributed by atoms with Gasteiger partial charge in [-0.15, -0.1) is 10.2 Å². The molecule has 1 heterocycles. The van der Waals surface area contributed by atoms with Gasteiger partial charge in [0.05, 0.1) is 6.07 Å². The van der Waals surface area contributed by atoms with Crippen molar-refractivity contribution in [1.82, 2.24) is 14.8 Å². The first kappa shape index (κ1) is 17.2. The van der Waals surface area contributed by atoms with E-state index in [2.05, 4.69) is 10.2 Å². The number of hydrogen-bond acceptors (Lipinski definition) is 4. The third kappa shape index (κ3) is 3.57. The molecule has 0 fully saturated rings. The van der Waals surface area contributed by atoms with Crippen molar-refractivity contribution >= 4 is 11.9 Å². The second-order valence-electron chi connectivity index (χ2n) is 5.66. The van der Waals surface area contributed by atoms with Gasteiger partial charge < -0.3 is 4.57 Å². The van der Waals surface area contributed by atoms with Crippen LogP contribution in [0, 0.1) is 17.1 Å². The maximum Gasteiger partial charge on any atom is 0.180 e. The van der Waals surface area contributed by atoms with Gasteiger partial charge in [-0.3, -0.25) is 4.79 Å². The van der Waals surface area contributed by atoms with Gasteiger partial charge in [0.15, 0.2) is 23.3 Å². The van der Waals surface area contributed by atoms with Gasteiger partial charge >= 0.3 is 0 Å². The lowest BCUT2D eigenvalue weighted by Crippen LogP contribution is -2.13. The molecule has 3 rings (SSSR count). The Balaban J connectivity index is 1.85. The van der Waals surface area contributed by atoms with Crippen LogP contribution < -0.4 is 0 Å². The van der Waals surface area contributed by atoms with E-state index in [4.69, 9.17) is 0 Å². The molecule has 0 saturated heterocycles.